The molecule has 0 spiro atoms. The third-order valence-electron chi connectivity index (χ3n) is 5.77. The molecule has 3 atom stereocenters. The van der Waals surface area contributed by atoms with Crippen molar-refractivity contribution in [2.45, 2.75) is 51.9 Å². The van der Waals surface area contributed by atoms with Gasteiger partial charge in [0.2, 0.25) is 0 Å². The number of hydrogen-bond acceptors (Lipinski definition) is 1. The molecule has 3 aromatic carbocycles. The van der Waals surface area contributed by atoms with Crippen LogP contribution in [-0.4, -0.2) is 5.11 Å². The Hall–Kier alpha value is -2.28. The summed E-state index contributed by atoms with van der Waals surface area (Å²) in [4.78, 5) is 0. The monoisotopic (exact) mass is 332 g/mol. The average molecular weight is 332 g/mol. The first-order valence-corrected chi connectivity index (χ1v) is 9.33. The number of phenolic OH excluding ortho intramolecular Hbond substituents is 1. The van der Waals surface area contributed by atoms with E-state index in [0.29, 0.717) is 23.5 Å². The highest BCUT2D eigenvalue weighted by Crippen LogP contribution is 2.45. The molecule has 25 heavy (non-hydrogen) atoms. The number of rotatable bonds is 2. The van der Waals surface area contributed by atoms with Crippen molar-refractivity contribution in [1.29, 1.82) is 0 Å². The van der Waals surface area contributed by atoms with Gasteiger partial charge in [0.25, 0.3) is 0 Å². The van der Waals surface area contributed by atoms with Gasteiger partial charge in [0.05, 0.1) is 0 Å². The molecule has 0 aliphatic heterocycles. The quantitative estimate of drug-likeness (QED) is 0.537. The van der Waals surface area contributed by atoms with Crippen LogP contribution in [0.15, 0.2) is 60.7 Å². The van der Waals surface area contributed by atoms with Gasteiger partial charge in [-0.05, 0) is 63.8 Å². The predicted octanol–water partition coefficient (Wildman–Crippen LogP) is 6.97. The summed E-state index contributed by atoms with van der Waals surface area (Å²) in [5.74, 6) is 2.29. The van der Waals surface area contributed by atoms with Gasteiger partial charge in [0, 0.05) is 0 Å². The first-order valence-electron chi connectivity index (χ1n) is 9.33. The minimum atomic E-state index is 0.344. The minimum Gasteiger partial charge on any atom is -0.508 e. The van der Waals surface area contributed by atoms with E-state index in [1.54, 1.807) is 12.1 Å². The van der Waals surface area contributed by atoms with Crippen LogP contribution in [0.25, 0.3) is 10.8 Å². The van der Waals surface area contributed by atoms with Crippen molar-refractivity contribution in [1.82, 2.24) is 0 Å². The molecule has 1 aliphatic carbocycles. The summed E-state index contributed by atoms with van der Waals surface area (Å²) in [5, 5.41) is 11.9. The van der Waals surface area contributed by atoms with Crippen molar-refractivity contribution >= 4 is 10.8 Å². The van der Waals surface area contributed by atoms with Gasteiger partial charge < -0.3 is 5.11 Å². The van der Waals surface area contributed by atoms with Crippen LogP contribution in [0.2, 0.25) is 0 Å². The Labute approximate surface area is 151 Å². The number of benzene rings is 3. The summed E-state index contributed by atoms with van der Waals surface area (Å²) in [6.45, 7) is 9.02. The molecule has 3 unspecified atom stereocenters. The maximum atomic E-state index is 9.01. The Bertz CT molecular complexity index is 805. The lowest BCUT2D eigenvalue weighted by molar-refractivity contribution is 0.475. The van der Waals surface area contributed by atoms with E-state index in [2.05, 4.69) is 64.1 Å². The first kappa shape index (κ1) is 17.5. The van der Waals surface area contributed by atoms with E-state index in [-0.39, 0.29) is 0 Å². The van der Waals surface area contributed by atoms with E-state index in [4.69, 9.17) is 5.11 Å². The van der Waals surface area contributed by atoms with Gasteiger partial charge in [-0.15, -0.1) is 0 Å². The Kier molecular flexibility index (Phi) is 5.13. The van der Waals surface area contributed by atoms with Crippen LogP contribution in [0, 0.1) is 0 Å². The van der Waals surface area contributed by atoms with E-state index < -0.39 is 0 Å². The molecule has 0 bridgehead atoms. The molecule has 0 saturated heterocycles. The molecule has 1 nitrogen and oxygen atoms in total. The largest absolute Gasteiger partial charge is 0.508 e. The molecule has 1 N–H and O–H groups in total. The van der Waals surface area contributed by atoms with Crippen molar-refractivity contribution in [3.05, 3.63) is 77.4 Å². The second-order valence-electron chi connectivity index (χ2n) is 7.27. The molecule has 0 heterocycles. The van der Waals surface area contributed by atoms with Gasteiger partial charge in [-0.1, -0.05) is 76.2 Å². The topological polar surface area (TPSA) is 20.2 Å². The molecule has 4 rings (SSSR count). The fraction of sp³-hybridized carbons (Fsp3) is 0.333. The van der Waals surface area contributed by atoms with Gasteiger partial charge in [-0.3, -0.25) is 0 Å². The number of hydrogen-bond donors (Lipinski definition) is 1. The van der Waals surface area contributed by atoms with E-state index in [1.807, 2.05) is 12.1 Å². The molecule has 0 aromatic heterocycles. The molecular weight excluding hydrogens is 304 g/mol. The predicted molar refractivity (Wildman–Crippen MR) is 108 cm³/mol. The normalized spacial score (nSPS) is 19.4. The average Bonchev–Trinajstić information content (AvgIpc) is 2.90. The lowest BCUT2D eigenvalue weighted by Gasteiger charge is -2.10. The summed E-state index contributed by atoms with van der Waals surface area (Å²) in [5.41, 5.74) is 4.36. The Morgan fingerprint density at radius 3 is 1.84 bits per heavy atom. The molecule has 3 aromatic rings. The van der Waals surface area contributed by atoms with Gasteiger partial charge in [0.1, 0.15) is 5.75 Å². The lowest BCUT2D eigenvalue weighted by atomic mass is 9.94. The van der Waals surface area contributed by atoms with Crippen molar-refractivity contribution in [2.75, 3.05) is 0 Å². The Morgan fingerprint density at radius 2 is 1.36 bits per heavy atom. The van der Waals surface area contributed by atoms with Gasteiger partial charge in [0.15, 0.2) is 0 Å². The smallest absolute Gasteiger partial charge is 0.115 e. The van der Waals surface area contributed by atoms with Crippen molar-refractivity contribution < 1.29 is 5.11 Å². The van der Waals surface area contributed by atoms with Crippen molar-refractivity contribution in [3.63, 3.8) is 0 Å². The number of phenols is 1. The zero-order chi connectivity index (χ0) is 18.0. The summed E-state index contributed by atoms with van der Waals surface area (Å²) in [6.07, 6.45) is 1.14. The molecule has 1 aliphatic rings. The lowest BCUT2D eigenvalue weighted by Crippen LogP contribution is -1.95. The molecule has 1 heteroatoms. The summed E-state index contributed by atoms with van der Waals surface area (Å²) in [7, 11) is 0. The van der Waals surface area contributed by atoms with Crippen LogP contribution < -0.4 is 0 Å². The van der Waals surface area contributed by atoms with Gasteiger partial charge >= 0.3 is 0 Å². The van der Waals surface area contributed by atoms with Gasteiger partial charge in [-0.2, -0.15) is 0 Å². The third-order valence-corrected chi connectivity index (χ3v) is 5.77. The fourth-order valence-electron chi connectivity index (χ4n) is 3.74. The highest BCUT2D eigenvalue weighted by Gasteiger charge is 2.27. The number of aromatic hydroxyl groups is 1. The second-order valence-corrected chi connectivity index (χ2v) is 7.27. The first-order chi connectivity index (χ1) is 12.0. The molecule has 0 amide bonds. The van der Waals surface area contributed by atoms with Crippen LogP contribution in [0.4, 0.5) is 0 Å². The summed E-state index contributed by atoms with van der Waals surface area (Å²) < 4.78 is 0. The molecule has 0 fully saturated rings. The van der Waals surface area contributed by atoms with E-state index >= 15 is 0 Å². The minimum absolute atomic E-state index is 0.344. The summed E-state index contributed by atoms with van der Waals surface area (Å²) >= 11 is 0. The highest BCUT2D eigenvalue weighted by molar-refractivity contribution is 5.92. The zero-order valence-corrected chi connectivity index (χ0v) is 15.7. The Balaban J connectivity index is 0.000000151. The molecule has 130 valence electrons. The van der Waals surface area contributed by atoms with Crippen LogP contribution in [0.5, 0.6) is 5.75 Å². The maximum absolute atomic E-state index is 9.01. The zero-order valence-electron chi connectivity index (χ0n) is 15.7. The third kappa shape index (κ3) is 3.42. The second kappa shape index (κ2) is 7.31. The molecule has 0 radical (unpaired) electrons. The van der Waals surface area contributed by atoms with Crippen molar-refractivity contribution in [3.8, 4) is 5.75 Å². The fourth-order valence-corrected chi connectivity index (χ4v) is 3.74. The van der Waals surface area contributed by atoms with Crippen LogP contribution in [0.3, 0.4) is 0 Å². The highest BCUT2D eigenvalue weighted by atomic mass is 16.3. The van der Waals surface area contributed by atoms with E-state index in [0.717, 1.165) is 6.42 Å². The van der Waals surface area contributed by atoms with Crippen molar-refractivity contribution in [2.24, 2.45) is 0 Å². The van der Waals surface area contributed by atoms with Crippen LogP contribution in [-0.2, 0) is 0 Å². The van der Waals surface area contributed by atoms with Gasteiger partial charge in [-0.25, -0.2) is 0 Å². The SMILES string of the molecule is CC1c2cccc3cccc(c23)C1C.CCC(C)c1ccc(O)cc1. The standard InChI is InChI=1S/C14H14.C10H14O/c1-9-10(2)13-8-4-6-11-5-3-7-12(9)14(11)13;1-3-8(2)9-4-6-10(11)7-5-9/h3-10H,1-2H3;4-8,11H,3H2,1-2H3. The van der Waals surface area contributed by atoms with Crippen LogP contribution >= 0.6 is 0 Å². The molecule has 0 saturated carbocycles. The van der Waals surface area contributed by atoms with Crippen LogP contribution in [0.1, 0.15) is 68.6 Å². The Morgan fingerprint density at radius 1 is 0.840 bits per heavy atom. The van der Waals surface area contributed by atoms with E-state index in [1.165, 1.54) is 27.5 Å². The maximum Gasteiger partial charge on any atom is 0.115 e. The molecular formula is C24H28O. The van der Waals surface area contributed by atoms with E-state index in [9.17, 15) is 0 Å². The summed E-state index contributed by atoms with van der Waals surface area (Å²) in [6, 6.07) is 20.8.